The van der Waals surface area contributed by atoms with Crippen molar-refractivity contribution in [3.05, 3.63) is 57.1 Å². The van der Waals surface area contributed by atoms with Crippen LogP contribution in [0, 0.1) is 6.92 Å². The minimum atomic E-state index is -3.77. The minimum Gasteiger partial charge on any atom is -0.324 e. The van der Waals surface area contributed by atoms with Crippen molar-refractivity contribution in [3.8, 4) is 0 Å². The van der Waals surface area contributed by atoms with Gasteiger partial charge in [-0.2, -0.15) is 4.31 Å². The van der Waals surface area contributed by atoms with Crippen LogP contribution in [0.15, 0.2) is 35.2 Å². The number of anilines is 1. The molecule has 1 N–H and O–H groups in total. The van der Waals surface area contributed by atoms with Crippen LogP contribution in [0.2, 0.25) is 10.0 Å². The smallest absolute Gasteiger partial charge is 0.244 e. The highest BCUT2D eigenvalue weighted by Crippen LogP contribution is 2.31. The molecule has 1 heterocycles. The first-order valence-corrected chi connectivity index (χ1v) is 13.5. The van der Waals surface area contributed by atoms with Crippen molar-refractivity contribution in [2.45, 2.75) is 44.9 Å². The van der Waals surface area contributed by atoms with Gasteiger partial charge in [-0.3, -0.25) is 9.69 Å². The van der Waals surface area contributed by atoms with Crippen molar-refractivity contribution in [3.63, 3.8) is 0 Å². The zero-order valence-corrected chi connectivity index (χ0v) is 21.7. The summed E-state index contributed by atoms with van der Waals surface area (Å²) in [5.41, 5.74) is 3.66. The molecule has 1 saturated heterocycles. The first-order valence-electron chi connectivity index (χ1n) is 11.3. The molecular formula is C24H31Cl2N3O3S. The van der Waals surface area contributed by atoms with Crippen molar-refractivity contribution in [1.82, 2.24) is 9.21 Å². The summed E-state index contributed by atoms with van der Waals surface area (Å²) in [6, 6.07) is 9.15. The van der Waals surface area contributed by atoms with Gasteiger partial charge in [0.05, 0.1) is 11.6 Å². The molecule has 33 heavy (non-hydrogen) atoms. The fourth-order valence-corrected chi connectivity index (χ4v) is 6.88. The van der Waals surface area contributed by atoms with E-state index in [1.54, 1.807) is 13.0 Å². The van der Waals surface area contributed by atoms with Gasteiger partial charge in [0.15, 0.2) is 0 Å². The zero-order valence-electron chi connectivity index (χ0n) is 19.3. The Bertz CT molecular complexity index is 1080. The molecule has 0 aliphatic carbocycles. The normalized spacial score (nSPS) is 15.9. The van der Waals surface area contributed by atoms with E-state index in [9.17, 15) is 13.2 Å². The van der Waals surface area contributed by atoms with Crippen LogP contribution in [0.3, 0.4) is 0 Å². The Hall–Kier alpha value is -1.64. The summed E-state index contributed by atoms with van der Waals surface area (Å²) < 4.78 is 28.1. The number of para-hydroxylation sites is 1. The topological polar surface area (TPSA) is 69.7 Å². The average molecular weight is 513 g/mol. The van der Waals surface area contributed by atoms with E-state index in [0.29, 0.717) is 43.2 Å². The van der Waals surface area contributed by atoms with E-state index in [2.05, 4.69) is 19.2 Å². The Balaban J connectivity index is 1.68. The fourth-order valence-electron chi connectivity index (χ4n) is 4.28. The molecule has 2 aromatic carbocycles. The van der Waals surface area contributed by atoms with Gasteiger partial charge in [-0.15, -0.1) is 0 Å². The number of hydrogen-bond acceptors (Lipinski definition) is 4. The standard InChI is InChI=1S/C24H31Cl2N3O3S/c1-4-18-8-6-9-19(5-2)23(18)27-22(30)16-28-10-7-11-29(13-12-28)33(31,32)24-17(3)14-20(25)15-21(24)26/h6,8-9,14-15H,4-5,7,10-13,16H2,1-3H3,(H,27,30). The molecule has 0 spiro atoms. The van der Waals surface area contributed by atoms with Gasteiger partial charge < -0.3 is 5.32 Å². The maximum atomic E-state index is 13.3. The zero-order chi connectivity index (χ0) is 24.2. The molecule has 0 atom stereocenters. The molecule has 0 bridgehead atoms. The number of nitrogens with one attached hydrogen (secondary N) is 1. The number of carbonyl (C=O) groups excluding carboxylic acids is 1. The highest BCUT2D eigenvalue weighted by molar-refractivity contribution is 7.89. The van der Waals surface area contributed by atoms with Crippen LogP contribution < -0.4 is 5.32 Å². The first-order chi connectivity index (χ1) is 15.7. The summed E-state index contributed by atoms with van der Waals surface area (Å²) >= 11 is 12.3. The number of benzene rings is 2. The monoisotopic (exact) mass is 511 g/mol. The number of hydrogen-bond donors (Lipinski definition) is 1. The second-order valence-electron chi connectivity index (χ2n) is 8.27. The van der Waals surface area contributed by atoms with Crippen LogP contribution in [-0.4, -0.2) is 56.3 Å². The molecule has 2 aromatic rings. The van der Waals surface area contributed by atoms with Gasteiger partial charge in [0.2, 0.25) is 15.9 Å². The minimum absolute atomic E-state index is 0.0847. The van der Waals surface area contributed by atoms with Gasteiger partial charge in [-0.25, -0.2) is 8.42 Å². The predicted octanol–water partition coefficient (Wildman–Crippen LogP) is 4.76. The number of rotatable bonds is 7. The Labute approximate surface area is 206 Å². The Morgan fingerprint density at radius 3 is 2.30 bits per heavy atom. The van der Waals surface area contributed by atoms with Gasteiger partial charge in [-0.1, -0.05) is 55.2 Å². The average Bonchev–Trinajstić information content (AvgIpc) is 2.99. The van der Waals surface area contributed by atoms with Gasteiger partial charge in [0.25, 0.3) is 0 Å². The van der Waals surface area contributed by atoms with E-state index in [-0.39, 0.29) is 22.4 Å². The van der Waals surface area contributed by atoms with Gasteiger partial charge >= 0.3 is 0 Å². The number of nitrogens with zero attached hydrogens (tertiary/aromatic N) is 2. The predicted molar refractivity (Wildman–Crippen MR) is 135 cm³/mol. The molecule has 0 radical (unpaired) electrons. The highest BCUT2D eigenvalue weighted by atomic mass is 35.5. The van der Waals surface area contributed by atoms with Crippen LogP contribution >= 0.6 is 23.2 Å². The summed E-state index contributed by atoms with van der Waals surface area (Å²) in [7, 11) is -3.77. The number of carbonyl (C=O) groups is 1. The maximum Gasteiger partial charge on any atom is 0.244 e. The summed E-state index contributed by atoms with van der Waals surface area (Å²) in [5.74, 6) is -0.0847. The summed E-state index contributed by atoms with van der Waals surface area (Å²) in [4.78, 5) is 14.9. The van der Waals surface area contributed by atoms with Crippen molar-refractivity contribution < 1.29 is 13.2 Å². The molecule has 0 unspecified atom stereocenters. The molecule has 1 aliphatic rings. The lowest BCUT2D eigenvalue weighted by molar-refractivity contribution is -0.117. The summed E-state index contributed by atoms with van der Waals surface area (Å²) in [6.07, 6.45) is 2.31. The van der Waals surface area contributed by atoms with E-state index in [0.717, 1.165) is 29.7 Å². The number of amides is 1. The fraction of sp³-hybridized carbons (Fsp3) is 0.458. The third-order valence-corrected chi connectivity index (χ3v) is 8.70. The Morgan fingerprint density at radius 1 is 1.03 bits per heavy atom. The number of aryl methyl sites for hydroxylation is 3. The molecule has 0 saturated carbocycles. The summed E-state index contributed by atoms with van der Waals surface area (Å²) in [5, 5.41) is 3.62. The van der Waals surface area contributed by atoms with Gasteiger partial charge in [0.1, 0.15) is 4.90 Å². The third-order valence-electron chi connectivity index (χ3n) is 5.97. The van der Waals surface area contributed by atoms with Crippen LogP contribution in [0.4, 0.5) is 5.69 Å². The molecule has 1 aliphatic heterocycles. The summed E-state index contributed by atoms with van der Waals surface area (Å²) in [6.45, 7) is 7.83. The molecular weight excluding hydrogens is 481 g/mol. The Morgan fingerprint density at radius 2 is 1.70 bits per heavy atom. The lowest BCUT2D eigenvalue weighted by Gasteiger charge is -2.23. The maximum absolute atomic E-state index is 13.3. The van der Waals surface area contributed by atoms with Gasteiger partial charge in [0, 0.05) is 30.3 Å². The second-order valence-corrected chi connectivity index (χ2v) is 11.0. The third kappa shape index (κ3) is 6.08. The number of sulfonamides is 1. The molecule has 1 amide bonds. The van der Waals surface area contributed by atoms with E-state index in [1.165, 1.54) is 10.4 Å². The lowest BCUT2D eigenvalue weighted by atomic mass is 10.0. The van der Waals surface area contributed by atoms with Gasteiger partial charge in [-0.05, 0) is 61.6 Å². The first kappa shape index (κ1) is 26.0. The van der Waals surface area contributed by atoms with Crippen LogP contribution in [-0.2, 0) is 27.7 Å². The van der Waals surface area contributed by atoms with Crippen LogP contribution in [0.1, 0.15) is 37.0 Å². The largest absolute Gasteiger partial charge is 0.324 e. The Kier molecular flexibility index (Phi) is 8.81. The SMILES string of the molecule is CCc1cccc(CC)c1NC(=O)CN1CCCN(S(=O)(=O)c2c(C)cc(Cl)cc2Cl)CC1. The van der Waals surface area contributed by atoms with E-state index < -0.39 is 10.0 Å². The highest BCUT2D eigenvalue weighted by Gasteiger charge is 2.30. The molecule has 3 rings (SSSR count). The van der Waals surface area contributed by atoms with Crippen molar-refractivity contribution >= 4 is 44.8 Å². The van der Waals surface area contributed by atoms with Crippen molar-refractivity contribution in [2.75, 3.05) is 38.0 Å². The van der Waals surface area contributed by atoms with E-state index >= 15 is 0 Å². The molecule has 0 aromatic heterocycles. The molecule has 6 nitrogen and oxygen atoms in total. The van der Waals surface area contributed by atoms with Crippen molar-refractivity contribution in [1.29, 1.82) is 0 Å². The van der Waals surface area contributed by atoms with Crippen LogP contribution in [0.25, 0.3) is 0 Å². The molecule has 180 valence electrons. The molecule has 9 heteroatoms. The second kappa shape index (κ2) is 11.2. The van der Waals surface area contributed by atoms with E-state index in [4.69, 9.17) is 23.2 Å². The number of halogens is 2. The lowest BCUT2D eigenvalue weighted by Crippen LogP contribution is -2.38. The van der Waals surface area contributed by atoms with Crippen molar-refractivity contribution in [2.24, 2.45) is 0 Å². The van der Waals surface area contributed by atoms with Crippen LogP contribution in [0.5, 0.6) is 0 Å². The van der Waals surface area contributed by atoms with E-state index in [1.807, 2.05) is 23.1 Å². The molecule has 1 fully saturated rings. The quantitative estimate of drug-likeness (QED) is 0.581.